The summed E-state index contributed by atoms with van der Waals surface area (Å²) in [4.78, 5) is 26.9. The van der Waals surface area contributed by atoms with Crippen molar-refractivity contribution in [3.8, 4) is 6.07 Å². The van der Waals surface area contributed by atoms with E-state index in [1.807, 2.05) is 6.07 Å². The lowest BCUT2D eigenvalue weighted by atomic mass is 10.1. The SMILES string of the molecule is N#Cc1ccc(NC(=O)C2CSCN2C(=O)Cc2c(Cl)cccc2Cl)cc1. The standard InChI is InChI=1S/C19H15Cl2N3O2S/c20-15-2-1-3-16(21)14(15)8-18(25)24-11-27-10-17(24)19(26)23-13-6-4-12(9-22)5-7-13/h1-7,17H,8,10-11H2,(H,23,26). The molecule has 1 fully saturated rings. The Balaban J connectivity index is 1.69. The van der Waals surface area contributed by atoms with Gasteiger partial charge in [-0.3, -0.25) is 9.59 Å². The minimum Gasteiger partial charge on any atom is -0.324 e. The van der Waals surface area contributed by atoms with Gasteiger partial charge in [-0.25, -0.2) is 0 Å². The Morgan fingerprint density at radius 2 is 1.85 bits per heavy atom. The van der Waals surface area contributed by atoms with Gasteiger partial charge < -0.3 is 10.2 Å². The van der Waals surface area contributed by atoms with E-state index in [2.05, 4.69) is 5.32 Å². The molecule has 5 nitrogen and oxygen atoms in total. The van der Waals surface area contributed by atoms with Crippen molar-refractivity contribution in [3.63, 3.8) is 0 Å². The Labute approximate surface area is 171 Å². The van der Waals surface area contributed by atoms with Crippen LogP contribution in [0.1, 0.15) is 11.1 Å². The molecule has 1 N–H and O–H groups in total. The maximum absolute atomic E-state index is 12.7. The molecule has 1 aliphatic rings. The molecule has 0 spiro atoms. The number of hydrogen-bond donors (Lipinski definition) is 1. The molecule has 1 saturated heterocycles. The topological polar surface area (TPSA) is 73.2 Å². The lowest BCUT2D eigenvalue weighted by Gasteiger charge is -2.23. The van der Waals surface area contributed by atoms with Crippen LogP contribution in [0.4, 0.5) is 5.69 Å². The molecule has 2 aromatic rings. The lowest BCUT2D eigenvalue weighted by Crippen LogP contribution is -2.45. The number of nitriles is 1. The Kier molecular flexibility index (Phi) is 6.27. The molecule has 0 bridgehead atoms. The van der Waals surface area contributed by atoms with Crippen LogP contribution in [0.3, 0.4) is 0 Å². The second kappa shape index (κ2) is 8.66. The van der Waals surface area contributed by atoms with Gasteiger partial charge in [-0.2, -0.15) is 5.26 Å². The number of rotatable bonds is 4. The van der Waals surface area contributed by atoms with Crippen molar-refractivity contribution in [1.29, 1.82) is 5.26 Å². The molecule has 1 heterocycles. The molecule has 0 saturated carbocycles. The smallest absolute Gasteiger partial charge is 0.248 e. The first-order valence-electron chi connectivity index (χ1n) is 8.10. The highest BCUT2D eigenvalue weighted by Gasteiger charge is 2.35. The molecular weight excluding hydrogens is 405 g/mol. The van der Waals surface area contributed by atoms with E-state index in [1.165, 1.54) is 11.8 Å². The number of carbonyl (C=O) groups is 2. The van der Waals surface area contributed by atoms with Crippen LogP contribution < -0.4 is 5.32 Å². The Bertz CT molecular complexity index is 892. The summed E-state index contributed by atoms with van der Waals surface area (Å²) >= 11 is 13.8. The maximum Gasteiger partial charge on any atom is 0.248 e. The second-order valence-corrected chi connectivity index (χ2v) is 7.75. The molecule has 2 amide bonds. The molecule has 8 heteroatoms. The first kappa shape index (κ1) is 19.6. The van der Waals surface area contributed by atoms with Crippen LogP contribution in [0.25, 0.3) is 0 Å². The first-order chi connectivity index (χ1) is 13.0. The number of hydrogen-bond acceptors (Lipinski definition) is 4. The summed E-state index contributed by atoms with van der Waals surface area (Å²) in [6.45, 7) is 0. The fraction of sp³-hybridized carbons (Fsp3) is 0.211. The van der Waals surface area contributed by atoms with Crippen molar-refractivity contribution in [2.24, 2.45) is 0 Å². The summed E-state index contributed by atoms with van der Waals surface area (Å²) < 4.78 is 0. The molecule has 2 aromatic carbocycles. The molecule has 3 rings (SSSR count). The fourth-order valence-electron chi connectivity index (χ4n) is 2.71. The fourth-order valence-corrected chi connectivity index (χ4v) is 4.43. The number of halogens is 2. The predicted octanol–water partition coefficient (Wildman–Crippen LogP) is 3.95. The Hall–Kier alpha value is -2.20. The van der Waals surface area contributed by atoms with Gasteiger partial charge in [0.25, 0.3) is 0 Å². The summed E-state index contributed by atoms with van der Waals surface area (Å²) in [7, 11) is 0. The number of thioether (sulfide) groups is 1. The van der Waals surface area contributed by atoms with Crippen molar-refractivity contribution in [2.75, 3.05) is 16.9 Å². The zero-order valence-corrected chi connectivity index (χ0v) is 16.4. The van der Waals surface area contributed by atoms with E-state index in [0.717, 1.165) is 0 Å². The van der Waals surface area contributed by atoms with E-state index >= 15 is 0 Å². The molecule has 138 valence electrons. The van der Waals surface area contributed by atoms with E-state index in [0.29, 0.717) is 38.5 Å². The van der Waals surface area contributed by atoms with E-state index < -0.39 is 6.04 Å². The maximum atomic E-state index is 12.7. The number of nitrogens with zero attached hydrogens (tertiary/aromatic N) is 2. The molecular formula is C19H15Cl2N3O2S. The first-order valence-corrected chi connectivity index (χ1v) is 10.0. The number of anilines is 1. The predicted molar refractivity (Wildman–Crippen MR) is 108 cm³/mol. The molecule has 1 aliphatic heterocycles. The van der Waals surface area contributed by atoms with Gasteiger partial charge >= 0.3 is 0 Å². The van der Waals surface area contributed by atoms with Gasteiger partial charge in [0.2, 0.25) is 11.8 Å². The van der Waals surface area contributed by atoms with Gasteiger partial charge in [0.15, 0.2) is 0 Å². The molecule has 1 atom stereocenters. The van der Waals surface area contributed by atoms with Crippen LogP contribution in [0.15, 0.2) is 42.5 Å². The van der Waals surface area contributed by atoms with Crippen molar-refractivity contribution in [3.05, 3.63) is 63.6 Å². The third-order valence-corrected chi connectivity index (χ3v) is 5.90. The van der Waals surface area contributed by atoms with Gasteiger partial charge in [-0.05, 0) is 42.0 Å². The quantitative estimate of drug-likeness (QED) is 0.813. The number of benzene rings is 2. The highest BCUT2D eigenvalue weighted by molar-refractivity contribution is 7.99. The zero-order chi connectivity index (χ0) is 19.4. The van der Waals surface area contributed by atoms with Crippen LogP contribution in [0.2, 0.25) is 10.0 Å². The van der Waals surface area contributed by atoms with E-state index in [-0.39, 0.29) is 18.2 Å². The average molecular weight is 420 g/mol. The Morgan fingerprint density at radius 3 is 2.48 bits per heavy atom. The van der Waals surface area contributed by atoms with Crippen LogP contribution in [0, 0.1) is 11.3 Å². The molecule has 1 unspecified atom stereocenters. The summed E-state index contributed by atoms with van der Waals surface area (Å²) in [5.41, 5.74) is 1.66. The monoisotopic (exact) mass is 419 g/mol. The van der Waals surface area contributed by atoms with Crippen molar-refractivity contribution in [1.82, 2.24) is 4.90 Å². The molecule has 27 heavy (non-hydrogen) atoms. The summed E-state index contributed by atoms with van der Waals surface area (Å²) in [6.07, 6.45) is 0.0414. The van der Waals surface area contributed by atoms with Gasteiger partial charge in [-0.15, -0.1) is 11.8 Å². The van der Waals surface area contributed by atoms with Crippen LogP contribution >= 0.6 is 35.0 Å². The summed E-state index contributed by atoms with van der Waals surface area (Å²) in [5, 5.41) is 12.5. The third kappa shape index (κ3) is 4.56. The summed E-state index contributed by atoms with van der Waals surface area (Å²) in [6, 6.07) is 13.1. The highest BCUT2D eigenvalue weighted by Crippen LogP contribution is 2.28. The van der Waals surface area contributed by atoms with Gasteiger partial charge in [-0.1, -0.05) is 29.3 Å². The number of nitrogens with one attached hydrogen (secondary N) is 1. The lowest BCUT2D eigenvalue weighted by molar-refractivity contribution is -0.135. The van der Waals surface area contributed by atoms with E-state index in [4.69, 9.17) is 28.5 Å². The molecule has 0 aromatic heterocycles. The summed E-state index contributed by atoms with van der Waals surface area (Å²) in [5.74, 6) is 0.495. The largest absolute Gasteiger partial charge is 0.324 e. The third-order valence-electron chi connectivity index (χ3n) is 4.18. The highest BCUT2D eigenvalue weighted by atomic mass is 35.5. The second-order valence-electron chi connectivity index (χ2n) is 5.93. The Morgan fingerprint density at radius 1 is 1.19 bits per heavy atom. The zero-order valence-electron chi connectivity index (χ0n) is 14.1. The van der Waals surface area contributed by atoms with Gasteiger partial charge in [0.1, 0.15) is 6.04 Å². The van der Waals surface area contributed by atoms with Crippen molar-refractivity contribution >= 4 is 52.5 Å². The van der Waals surface area contributed by atoms with Crippen molar-refractivity contribution < 1.29 is 9.59 Å². The van der Waals surface area contributed by atoms with Crippen LogP contribution in [-0.4, -0.2) is 34.4 Å². The van der Waals surface area contributed by atoms with E-state index in [9.17, 15) is 9.59 Å². The minimum atomic E-state index is -0.570. The van der Waals surface area contributed by atoms with Crippen molar-refractivity contribution in [2.45, 2.75) is 12.5 Å². The number of amides is 2. The van der Waals surface area contributed by atoms with Gasteiger partial charge in [0.05, 0.1) is 23.9 Å². The number of carbonyl (C=O) groups excluding carboxylic acids is 2. The molecule has 0 aliphatic carbocycles. The normalized spacial score (nSPS) is 16.0. The minimum absolute atomic E-state index is 0.0414. The van der Waals surface area contributed by atoms with Crippen LogP contribution in [-0.2, 0) is 16.0 Å². The molecule has 0 radical (unpaired) electrons. The van der Waals surface area contributed by atoms with E-state index in [1.54, 1.807) is 47.4 Å². The van der Waals surface area contributed by atoms with Gasteiger partial charge in [0, 0.05) is 21.5 Å². The van der Waals surface area contributed by atoms with Crippen LogP contribution in [0.5, 0.6) is 0 Å². The average Bonchev–Trinajstić information content (AvgIpc) is 3.15.